The number of aromatic carboxylic acids is 1. The molecule has 0 saturated carbocycles. The number of carboxylic acids is 1. The molecule has 0 aliphatic heterocycles. The molecule has 1 atom stereocenters. The molecular formula is C19H31N3O3. The molecule has 3 N–H and O–H groups in total. The van der Waals surface area contributed by atoms with Gasteiger partial charge in [-0.25, -0.2) is 9.59 Å². The van der Waals surface area contributed by atoms with E-state index in [1.807, 2.05) is 0 Å². The molecule has 0 aliphatic carbocycles. The van der Waals surface area contributed by atoms with Crippen LogP contribution in [0, 0.1) is 5.92 Å². The Morgan fingerprint density at radius 3 is 2.16 bits per heavy atom. The van der Waals surface area contributed by atoms with Crippen molar-refractivity contribution in [2.45, 2.75) is 46.7 Å². The molecule has 0 saturated heterocycles. The minimum atomic E-state index is -0.954. The number of rotatable bonds is 10. The number of hydrogen-bond acceptors (Lipinski definition) is 3. The molecule has 0 spiro atoms. The Balaban J connectivity index is 2.47. The number of amides is 2. The molecule has 0 radical (unpaired) electrons. The van der Waals surface area contributed by atoms with Crippen molar-refractivity contribution in [3.63, 3.8) is 0 Å². The molecule has 0 aromatic heterocycles. The number of likely N-dealkylation sites (N-methyl/N-ethyl adjacent to an activating group) is 1. The normalized spacial score (nSPS) is 12.2. The third-order valence-corrected chi connectivity index (χ3v) is 4.22. The average molecular weight is 349 g/mol. The van der Waals surface area contributed by atoms with Crippen molar-refractivity contribution >= 4 is 12.0 Å². The number of carbonyl (C=O) groups excluding carboxylic acids is 1. The molecule has 140 valence electrons. The van der Waals surface area contributed by atoms with E-state index in [0.717, 1.165) is 25.1 Å². The van der Waals surface area contributed by atoms with E-state index >= 15 is 0 Å². The molecular weight excluding hydrogens is 318 g/mol. The molecule has 1 unspecified atom stereocenters. The van der Waals surface area contributed by atoms with Crippen molar-refractivity contribution in [3.8, 4) is 0 Å². The first-order chi connectivity index (χ1) is 11.9. The third kappa shape index (κ3) is 7.56. The van der Waals surface area contributed by atoms with Crippen LogP contribution in [0.15, 0.2) is 24.3 Å². The van der Waals surface area contributed by atoms with E-state index in [-0.39, 0.29) is 11.6 Å². The van der Waals surface area contributed by atoms with Crippen LogP contribution in [-0.2, 0) is 6.54 Å². The van der Waals surface area contributed by atoms with Crippen LogP contribution < -0.4 is 10.6 Å². The standard InChI is InChI=1S/C19H31N3O3/c1-5-22(6-2)17(11-14(3)4)13-21-19(25)20-12-15-7-9-16(10-8-15)18(23)24/h7-10,14,17H,5-6,11-13H2,1-4H3,(H,23,24)(H2,20,21,25). The number of nitrogens with zero attached hydrogens (tertiary/aromatic N) is 1. The van der Waals surface area contributed by atoms with Crippen LogP contribution in [-0.4, -0.2) is 47.7 Å². The molecule has 1 aromatic carbocycles. The SMILES string of the molecule is CCN(CC)C(CNC(=O)NCc1ccc(C(=O)O)cc1)CC(C)C. The van der Waals surface area contributed by atoms with Crippen LogP contribution in [0.25, 0.3) is 0 Å². The topological polar surface area (TPSA) is 81.7 Å². The van der Waals surface area contributed by atoms with Gasteiger partial charge < -0.3 is 15.7 Å². The summed E-state index contributed by atoms with van der Waals surface area (Å²) in [6.07, 6.45) is 1.04. The molecule has 6 nitrogen and oxygen atoms in total. The van der Waals surface area contributed by atoms with Crippen LogP contribution >= 0.6 is 0 Å². The number of benzene rings is 1. The first kappa shape index (κ1) is 21.0. The van der Waals surface area contributed by atoms with Gasteiger partial charge in [-0.1, -0.05) is 39.8 Å². The van der Waals surface area contributed by atoms with Gasteiger partial charge >= 0.3 is 12.0 Å². The molecule has 1 rings (SSSR count). The summed E-state index contributed by atoms with van der Waals surface area (Å²) in [6.45, 7) is 11.6. The number of carboxylic acid groups (broad SMARTS) is 1. The Morgan fingerprint density at radius 2 is 1.68 bits per heavy atom. The summed E-state index contributed by atoms with van der Waals surface area (Å²) in [5.41, 5.74) is 1.10. The fourth-order valence-electron chi connectivity index (χ4n) is 2.87. The van der Waals surface area contributed by atoms with Crippen molar-refractivity contribution in [1.82, 2.24) is 15.5 Å². The zero-order valence-electron chi connectivity index (χ0n) is 15.7. The maximum absolute atomic E-state index is 12.0. The largest absolute Gasteiger partial charge is 0.478 e. The summed E-state index contributed by atoms with van der Waals surface area (Å²) in [5, 5.41) is 14.6. The van der Waals surface area contributed by atoms with Gasteiger partial charge in [0.2, 0.25) is 0 Å². The van der Waals surface area contributed by atoms with Gasteiger partial charge in [0.05, 0.1) is 5.56 Å². The van der Waals surface area contributed by atoms with Crippen LogP contribution in [0.3, 0.4) is 0 Å². The summed E-state index contributed by atoms with van der Waals surface area (Å²) in [6, 6.07) is 6.62. The smallest absolute Gasteiger partial charge is 0.335 e. The minimum absolute atomic E-state index is 0.205. The zero-order valence-corrected chi connectivity index (χ0v) is 15.7. The fraction of sp³-hybridized carbons (Fsp3) is 0.579. The van der Waals surface area contributed by atoms with Gasteiger partial charge in [0.1, 0.15) is 0 Å². The molecule has 1 aromatic rings. The summed E-state index contributed by atoms with van der Waals surface area (Å²) in [7, 11) is 0. The summed E-state index contributed by atoms with van der Waals surface area (Å²) >= 11 is 0. The van der Waals surface area contributed by atoms with Gasteiger partial charge in [-0.15, -0.1) is 0 Å². The lowest BCUT2D eigenvalue weighted by Gasteiger charge is -2.31. The van der Waals surface area contributed by atoms with Gasteiger partial charge in [-0.05, 0) is 43.1 Å². The number of nitrogens with one attached hydrogen (secondary N) is 2. The Labute approximate surface area is 150 Å². The van der Waals surface area contributed by atoms with Crippen molar-refractivity contribution in [3.05, 3.63) is 35.4 Å². The maximum atomic E-state index is 12.0. The zero-order chi connectivity index (χ0) is 18.8. The van der Waals surface area contributed by atoms with Crippen LogP contribution in [0.1, 0.15) is 50.0 Å². The lowest BCUT2D eigenvalue weighted by atomic mass is 10.0. The average Bonchev–Trinajstić information content (AvgIpc) is 2.58. The van der Waals surface area contributed by atoms with Crippen molar-refractivity contribution < 1.29 is 14.7 Å². The molecule has 0 heterocycles. The number of urea groups is 1. The van der Waals surface area contributed by atoms with Gasteiger partial charge in [0, 0.05) is 19.1 Å². The Bertz CT molecular complexity index is 539. The highest BCUT2D eigenvalue weighted by Gasteiger charge is 2.17. The predicted octanol–water partition coefficient (Wildman–Crippen LogP) is 2.94. The van der Waals surface area contributed by atoms with Crippen LogP contribution in [0.2, 0.25) is 0 Å². The van der Waals surface area contributed by atoms with Crippen LogP contribution in [0.5, 0.6) is 0 Å². The molecule has 0 fully saturated rings. The second-order valence-corrected chi connectivity index (χ2v) is 6.57. The Hall–Kier alpha value is -2.08. The Morgan fingerprint density at radius 1 is 1.08 bits per heavy atom. The third-order valence-electron chi connectivity index (χ3n) is 4.22. The van der Waals surface area contributed by atoms with Gasteiger partial charge in [0.15, 0.2) is 0 Å². The van der Waals surface area contributed by atoms with Gasteiger partial charge in [0.25, 0.3) is 0 Å². The van der Waals surface area contributed by atoms with E-state index in [0.29, 0.717) is 25.0 Å². The fourth-order valence-corrected chi connectivity index (χ4v) is 2.87. The molecule has 0 bridgehead atoms. The molecule has 0 aliphatic rings. The lowest BCUT2D eigenvalue weighted by Crippen LogP contribution is -2.46. The number of hydrogen-bond donors (Lipinski definition) is 3. The second kappa shape index (κ2) is 10.7. The predicted molar refractivity (Wildman–Crippen MR) is 99.8 cm³/mol. The number of carbonyl (C=O) groups is 2. The Kier molecular flexibility index (Phi) is 8.99. The van der Waals surface area contributed by atoms with E-state index in [1.54, 1.807) is 12.1 Å². The highest BCUT2D eigenvalue weighted by Crippen LogP contribution is 2.11. The van der Waals surface area contributed by atoms with E-state index in [4.69, 9.17) is 5.11 Å². The highest BCUT2D eigenvalue weighted by atomic mass is 16.4. The van der Waals surface area contributed by atoms with E-state index in [9.17, 15) is 9.59 Å². The summed E-state index contributed by atoms with van der Waals surface area (Å²) < 4.78 is 0. The van der Waals surface area contributed by atoms with Gasteiger partial charge in [-0.3, -0.25) is 4.90 Å². The molecule has 6 heteroatoms. The van der Waals surface area contributed by atoms with Crippen molar-refractivity contribution in [2.24, 2.45) is 5.92 Å². The summed E-state index contributed by atoms with van der Waals surface area (Å²) in [5.74, 6) is -0.381. The van der Waals surface area contributed by atoms with E-state index in [2.05, 4.69) is 43.2 Å². The minimum Gasteiger partial charge on any atom is -0.478 e. The van der Waals surface area contributed by atoms with Crippen molar-refractivity contribution in [2.75, 3.05) is 19.6 Å². The quantitative estimate of drug-likeness (QED) is 0.606. The summed E-state index contributed by atoms with van der Waals surface area (Å²) in [4.78, 5) is 25.2. The van der Waals surface area contributed by atoms with Gasteiger partial charge in [-0.2, -0.15) is 0 Å². The highest BCUT2D eigenvalue weighted by molar-refractivity contribution is 5.87. The second-order valence-electron chi connectivity index (χ2n) is 6.57. The first-order valence-electron chi connectivity index (χ1n) is 8.95. The van der Waals surface area contributed by atoms with E-state index in [1.165, 1.54) is 12.1 Å². The van der Waals surface area contributed by atoms with Crippen LogP contribution in [0.4, 0.5) is 4.79 Å². The van der Waals surface area contributed by atoms with Crippen molar-refractivity contribution in [1.29, 1.82) is 0 Å². The molecule has 2 amide bonds. The van der Waals surface area contributed by atoms with E-state index < -0.39 is 5.97 Å². The molecule has 25 heavy (non-hydrogen) atoms. The monoisotopic (exact) mass is 349 g/mol. The first-order valence-corrected chi connectivity index (χ1v) is 8.95. The lowest BCUT2D eigenvalue weighted by molar-refractivity contribution is 0.0697. The maximum Gasteiger partial charge on any atom is 0.335 e.